The van der Waals surface area contributed by atoms with Crippen molar-refractivity contribution in [3.05, 3.63) is 45.6 Å². The van der Waals surface area contributed by atoms with E-state index in [-0.39, 0.29) is 10.3 Å². The number of ether oxygens (including phenoxy) is 1. The van der Waals surface area contributed by atoms with Gasteiger partial charge in [-0.25, -0.2) is 8.42 Å². The summed E-state index contributed by atoms with van der Waals surface area (Å²) in [6.07, 6.45) is 3.04. The van der Waals surface area contributed by atoms with Crippen LogP contribution in [0.3, 0.4) is 0 Å². The summed E-state index contributed by atoms with van der Waals surface area (Å²) in [4.78, 5) is 16.4. The molecule has 0 saturated carbocycles. The summed E-state index contributed by atoms with van der Waals surface area (Å²) in [7, 11) is -2.35. The molecule has 0 radical (unpaired) electrons. The number of hydrogen-bond donors (Lipinski definition) is 2. The van der Waals surface area contributed by atoms with Crippen LogP contribution in [0.25, 0.3) is 0 Å². The number of thiophene rings is 1. The van der Waals surface area contributed by atoms with Crippen molar-refractivity contribution in [2.45, 2.75) is 44.9 Å². The Hall–Kier alpha value is -1.90. The molecule has 0 bridgehead atoms. The van der Waals surface area contributed by atoms with E-state index < -0.39 is 15.9 Å². The first-order valence-electron chi connectivity index (χ1n) is 9.18. The molecule has 0 aliphatic heterocycles. The number of sulfonamides is 1. The van der Waals surface area contributed by atoms with Gasteiger partial charge in [-0.2, -0.15) is 0 Å². The fourth-order valence-corrected chi connectivity index (χ4v) is 5.31. The fraction of sp³-hybridized carbons (Fsp3) is 0.450. The molecule has 0 saturated heterocycles. The zero-order valence-electron chi connectivity index (χ0n) is 16.5. The van der Waals surface area contributed by atoms with E-state index in [1.54, 1.807) is 12.1 Å². The van der Waals surface area contributed by atoms with Crippen molar-refractivity contribution < 1.29 is 17.9 Å². The van der Waals surface area contributed by atoms with Gasteiger partial charge in [0.15, 0.2) is 0 Å². The highest BCUT2D eigenvalue weighted by atomic mass is 32.2. The van der Waals surface area contributed by atoms with Crippen LogP contribution in [0.15, 0.2) is 35.2 Å². The molecular formula is C20H26N2O4S2. The van der Waals surface area contributed by atoms with Gasteiger partial charge < -0.3 is 4.74 Å². The van der Waals surface area contributed by atoms with Crippen LogP contribution >= 0.6 is 11.3 Å². The number of hydrazine groups is 1. The Balaban J connectivity index is 1.66. The summed E-state index contributed by atoms with van der Waals surface area (Å²) in [6.45, 7) is 6.74. The maximum atomic E-state index is 12.5. The van der Waals surface area contributed by atoms with E-state index >= 15 is 0 Å². The smallest absolute Gasteiger partial charge is 0.276 e. The predicted molar refractivity (Wildman–Crippen MR) is 110 cm³/mol. The second-order valence-electron chi connectivity index (χ2n) is 8.10. The van der Waals surface area contributed by atoms with Crippen LogP contribution in [0.4, 0.5) is 0 Å². The third-order valence-corrected chi connectivity index (χ3v) is 7.70. The molecular weight excluding hydrogens is 396 g/mol. The van der Waals surface area contributed by atoms with E-state index in [0.717, 1.165) is 19.3 Å². The SMILES string of the molecule is COc1ccc(S(=O)(=O)NNC(=O)c2cc3c(s2)CCC(C(C)(C)C)C3)cc1. The molecule has 152 valence electrons. The van der Waals surface area contributed by atoms with E-state index in [1.165, 1.54) is 41.0 Å². The normalized spacial score (nSPS) is 17.1. The Morgan fingerprint density at radius 3 is 2.50 bits per heavy atom. The summed E-state index contributed by atoms with van der Waals surface area (Å²) >= 11 is 1.44. The van der Waals surface area contributed by atoms with Crippen LogP contribution in [0, 0.1) is 11.3 Å². The molecule has 1 heterocycles. The molecule has 1 unspecified atom stereocenters. The zero-order valence-corrected chi connectivity index (χ0v) is 18.2. The lowest BCUT2D eigenvalue weighted by atomic mass is 9.72. The van der Waals surface area contributed by atoms with Crippen LogP contribution in [-0.4, -0.2) is 21.4 Å². The molecule has 6 nitrogen and oxygen atoms in total. The molecule has 0 spiro atoms. The molecule has 1 atom stereocenters. The summed E-state index contributed by atoms with van der Waals surface area (Å²) in [5.74, 6) is 0.698. The number of carbonyl (C=O) groups is 1. The Morgan fingerprint density at radius 1 is 1.21 bits per heavy atom. The van der Waals surface area contributed by atoms with Gasteiger partial charge in [-0.15, -0.1) is 16.2 Å². The van der Waals surface area contributed by atoms with Crippen molar-refractivity contribution in [1.29, 1.82) is 0 Å². The zero-order chi connectivity index (χ0) is 20.5. The minimum absolute atomic E-state index is 0.0482. The van der Waals surface area contributed by atoms with Gasteiger partial charge in [0, 0.05) is 4.88 Å². The largest absolute Gasteiger partial charge is 0.497 e. The summed E-state index contributed by atoms with van der Waals surface area (Å²) in [5.41, 5.74) is 3.76. The number of hydrogen-bond acceptors (Lipinski definition) is 5. The first-order chi connectivity index (χ1) is 13.1. The molecule has 0 fully saturated rings. The lowest BCUT2D eigenvalue weighted by molar-refractivity contribution is 0.0949. The lowest BCUT2D eigenvalue weighted by Crippen LogP contribution is -2.41. The van der Waals surface area contributed by atoms with Crippen LogP contribution < -0.4 is 15.0 Å². The van der Waals surface area contributed by atoms with Gasteiger partial charge in [0.1, 0.15) is 5.75 Å². The number of amides is 1. The Bertz CT molecular complexity index is 957. The van der Waals surface area contributed by atoms with E-state index in [1.807, 2.05) is 6.07 Å². The van der Waals surface area contributed by atoms with Gasteiger partial charge >= 0.3 is 0 Å². The van der Waals surface area contributed by atoms with Crippen molar-refractivity contribution in [3.8, 4) is 5.75 Å². The van der Waals surface area contributed by atoms with Crippen molar-refractivity contribution in [2.75, 3.05) is 7.11 Å². The van der Waals surface area contributed by atoms with E-state index in [2.05, 4.69) is 31.0 Å². The average Bonchev–Trinajstić information content (AvgIpc) is 3.09. The summed E-state index contributed by atoms with van der Waals surface area (Å²) < 4.78 is 29.7. The van der Waals surface area contributed by atoms with Crippen molar-refractivity contribution in [1.82, 2.24) is 10.3 Å². The molecule has 1 amide bonds. The molecule has 3 rings (SSSR count). The monoisotopic (exact) mass is 422 g/mol. The van der Waals surface area contributed by atoms with Gasteiger partial charge in [0.25, 0.3) is 15.9 Å². The minimum atomic E-state index is -3.85. The van der Waals surface area contributed by atoms with Gasteiger partial charge in [-0.1, -0.05) is 20.8 Å². The van der Waals surface area contributed by atoms with Gasteiger partial charge in [-0.05, 0) is 66.5 Å². The van der Waals surface area contributed by atoms with Gasteiger partial charge in [0.05, 0.1) is 16.9 Å². The Morgan fingerprint density at radius 2 is 1.89 bits per heavy atom. The highest BCUT2D eigenvalue weighted by Gasteiger charge is 2.30. The number of benzene rings is 1. The second-order valence-corrected chi connectivity index (χ2v) is 10.9. The average molecular weight is 423 g/mol. The second kappa shape index (κ2) is 7.85. The van der Waals surface area contributed by atoms with Crippen LogP contribution in [0.5, 0.6) is 5.75 Å². The van der Waals surface area contributed by atoms with E-state index in [4.69, 9.17) is 4.74 Å². The number of nitrogens with one attached hydrogen (secondary N) is 2. The third-order valence-electron chi connectivity index (χ3n) is 5.20. The standard InChI is InChI=1S/C20H26N2O4S2/c1-20(2,3)14-5-10-17-13(11-14)12-18(27-17)19(23)21-22-28(24,25)16-8-6-15(26-4)7-9-16/h6-9,12,14,22H,5,10-11H2,1-4H3,(H,21,23). The van der Waals surface area contributed by atoms with E-state index in [0.29, 0.717) is 16.5 Å². The molecule has 1 aliphatic carbocycles. The predicted octanol–water partition coefficient (Wildman–Crippen LogP) is 3.53. The maximum absolute atomic E-state index is 12.5. The number of carbonyl (C=O) groups excluding carboxylic acids is 1. The number of fused-ring (bicyclic) bond motifs is 1. The molecule has 1 aromatic carbocycles. The van der Waals surface area contributed by atoms with Gasteiger partial charge in [0.2, 0.25) is 0 Å². The number of methoxy groups -OCH3 is 1. The fourth-order valence-electron chi connectivity index (χ4n) is 3.36. The molecule has 8 heteroatoms. The van der Waals surface area contributed by atoms with Crippen LogP contribution in [-0.2, 0) is 22.9 Å². The molecule has 28 heavy (non-hydrogen) atoms. The van der Waals surface area contributed by atoms with Crippen molar-refractivity contribution >= 4 is 27.3 Å². The van der Waals surface area contributed by atoms with Crippen LogP contribution in [0.1, 0.15) is 47.3 Å². The molecule has 1 aromatic heterocycles. The maximum Gasteiger partial charge on any atom is 0.276 e. The summed E-state index contributed by atoms with van der Waals surface area (Å²) in [6, 6.07) is 7.84. The first kappa shape index (κ1) is 20.8. The van der Waals surface area contributed by atoms with E-state index in [9.17, 15) is 13.2 Å². The molecule has 2 N–H and O–H groups in total. The number of aryl methyl sites for hydroxylation is 1. The molecule has 1 aliphatic rings. The van der Waals surface area contributed by atoms with Crippen LogP contribution in [0.2, 0.25) is 0 Å². The minimum Gasteiger partial charge on any atom is -0.497 e. The molecule has 2 aromatic rings. The highest BCUT2D eigenvalue weighted by molar-refractivity contribution is 7.89. The number of rotatable bonds is 5. The highest BCUT2D eigenvalue weighted by Crippen LogP contribution is 2.40. The Labute approximate surface area is 170 Å². The topological polar surface area (TPSA) is 84.5 Å². The lowest BCUT2D eigenvalue weighted by Gasteiger charge is -2.33. The van der Waals surface area contributed by atoms with Crippen molar-refractivity contribution in [2.24, 2.45) is 11.3 Å². The quantitative estimate of drug-likeness (QED) is 0.722. The van der Waals surface area contributed by atoms with Crippen molar-refractivity contribution in [3.63, 3.8) is 0 Å². The first-order valence-corrected chi connectivity index (χ1v) is 11.5. The third kappa shape index (κ3) is 4.56. The summed E-state index contributed by atoms with van der Waals surface area (Å²) in [5, 5.41) is 0. The Kier molecular flexibility index (Phi) is 5.84. The van der Waals surface area contributed by atoms with Gasteiger partial charge in [-0.3, -0.25) is 10.2 Å².